The van der Waals surface area contributed by atoms with Crippen molar-refractivity contribution in [1.29, 1.82) is 0 Å². The molecule has 0 unspecified atom stereocenters. The fourth-order valence-electron chi connectivity index (χ4n) is 3.25. The van der Waals surface area contributed by atoms with Crippen LogP contribution in [0.25, 0.3) is 0 Å². The molecule has 22 heavy (non-hydrogen) atoms. The van der Waals surface area contributed by atoms with Crippen LogP contribution in [0, 0.1) is 5.92 Å². The van der Waals surface area contributed by atoms with Gasteiger partial charge in [0.05, 0.1) is 13.7 Å². The lowest BCUT2D eigenvalue weighted by Crippen LogP contribution is -2.62. The highest BCUT2D eigenvalue weighted by Crippen LogP contribution is 2.47. The van der Waals surface area contributed by atoms with E-state index in [1.807, 2.05) is 13.0 Å². The third-order valence-electron chi connectivity index (χ3n) is 4.17. The SMILES string of the molecule is CCOC(=O)[C@H]1C(=O)N[C@]2(C)C[C@@H]1c1cc(OC)ccc1O2. The molecule has 1 N–H and O–H groups in total. The lowest BCUT2D eigenvalue weighted by molar-refractivity contribution is -0.160. The number of rotatable bonds is 3. The highest BCUT2D eigenvalue weighted by Gasteiger charge is 2.52. The van der Waals surface area contributed by atoms with E-state index >= 15 is 0 Å². The zero-order valence-corrected chi connectivity index (χ0v) is 12.8. The maximum absolute atomic E-state index is 12.4. The Kier molecular flexibility index (Phi) is 3.47. The van der Waals surface area contributed by atoms with Gasteiger partial charge >= 0.3 is 5.97 Å². The number of hydrogen-bond donors (Lipinski definition) is 1. The van der Waals surface area contributed by atoms with E-state index in [9.17, 15) is 9.59 Å². The largest absolute Gasteiger partial charge is 0.497 e. The lowest BCUT2D eigenvalue weighted by atomic mass is 9.75. The maximum Gasteiger partial charge on any atom is 0.319 e. The van der Waals surface area contributed by atoms with Gasteiger partial charge in [-0.1, -0.05) is 0 Å². The molecule has 1 aromatic carbocycles. The molecule has 3 rings (SSSR count). The summed E-state index contributed by atoms with van der Waals surface area (Å²) in [6.45, 7) is 3.78. The van der Waals surface area contributed by atoms with E-state index in [-0.39, 0.29) is 18.4 Å². The third-order valence-corrected chi connectivity index (χ3v) is 4.17. The van der Waals surface area contributed by atoms with Gasteiger partial charge in [-0.25, -0.2) is 0 Å². The van der Waals surface area contributed by atoms with E-state index in [0.29, 0.717) is 17.9 Å². The normalized spacial score (nSPS) is 29.0. The number of ether oxygens (including phenoxy) is 3. The van der Waals surface area contributed by atoms with Crippen LogP contribution in [0.3, 0.4) is 0 Å². The van der Waals surface area contributed by atoms with E-state index < -0.39 is 17.6 Å². The van der Waals surface area contributed by atoms with Crippen molar-refractivity contribution in [2.24, 2.45) is 5.92 Å². The van der Waals surface area contributed by atoms with Crippen molar-refractivity contribution in [3.05, 3.63) is 23.8 Å². The van der Waals surface area contributed by atoms with Crippen molar-refractivity contribution in [2.45, 2.75) is 31.9 Å². The molecule has 0 aromatic heterocycles. The predicted octanol–water partition coefficient (Wildman–Crippen LogP) is 1.59. The molecule has 0 spiro atoms. The molecule has 1 fully saturated rings. The Labute approximate surface area is 128 Å². The topological polar surface area (TPSA) is 73.9 Å². The number of benzene rings is 1. The average molecular weight is 305 g/mol. The van der Waals surface area contributed by atoms with Crippen LogP contribution in [0.15, 0.2) is 18.2 Å². The monoisotopic (exact) mass is 305 g/mol. The fourth-order valence-corrected chi connectivity index (χ4v) is 3.25. The minimum absolute atomic E-state index is 0.244. The van der Waals surface area contributed by atoms with Gasteiger partial charge in [-0.2, -0.15) is 0 Å². The van der Waals surface area contributed by atoms with Crippen molar-refractivity contribution in [3.8, 4) is 11.5 Å². The first-order valence-corrected chi connectivity index (χ1v) is 7.33. The van der Waals surface area contributed by atoms with Crippen LogP contribution < -0.4 is 14.8 Å². The molecule has 1 amide bonds. The van der Waals surface area contributed by atoms with Crippen LogP contribution in [0.4, 0.5) is 0 Å². The summed E-state index contributed by atoms with van der Waals surface area (Å²) in [5.41, 5.74) is 0.0107. The molecule has 1 aromatic rings. The zero-order valence-electron chi connectivity index (χ0n) is 12.8. The predicted molar refractivity (Wildman–Crippen MR) is 77.7 cm³/mol. The van der Waals surface area contributed by atoms with Gasteiger partial charge in [0.15, 0.2) is 5.72 Å². The lowest BCUT2D eigenvalue weighted by Gasteiger charge is -2.46. The molecule has 2 aliphatic heterocycles. The average Bonchev–Trinajstić information content (AvgIpc) is 2.46. The zero-order chi connectivity index (χ0) is 15.9. The van der Waals surface area contributed by atoms with Crippen LogP contribution in [0.5, 0.6) is 11.5 Å². The van der Waals surface area contributed by atoms with Crippen LogP contribution in [0.1, 0.15) is 31.7 Å². The van der Waals surface area contributed by atoms with Crippen LogP contribution in [-0.2, 0) is 14.3 Å². The molecule has 3 atom stereocenters. The van der Waals surface area contributed by atoms with Crippen molar-refractivity contribution in [2.75, 3.05) is 13.7 Å². The Morgan fingerprint density at radius 1 is 1.50 bits per heavy atom. The second kappa shape index (κ2) is 5.19. The minimum atomic E-state index is -0.859. The molecule has 118 valence electrons. The molecule has 2 heterocycles. The first-order valence-electron chi connectivity index (χ1n) is 7.33. The van der Waals surface area contributed by atoms with Crippen molar-refractivity contribution in [1.82, 2.24) is 5.32 Å². The van der Waals surface area contributed by atoms with Gasteiger partial charge in [-0.15, -0.1) is 0 Å². The highest BCUT2D eigenvalue weighted by atomic mass is 16.5. The molecule has 1 saturated heterocycles. The standard InChI is InChI=1S/C16H19NO5/c1-4-21-15(19)13-11-8-16(2,17-14(13)18)22-12-6-5-9(20-3)7-10(11)12/h5-7,11,13H,4,8H2,1-3H3,(H,17,18)/t11-,13-,16+/m1/s1. The number of nitrogens with one attached hydrogen (secondary N) is 1. The third kappa shape index (κ3) is 2.28. The fraction of sp³-hybridized carbons (Fsp3) is 0.500. The van der Waals surface area contributed by atoms with E-state index in [1.165, 1.54) is 0 Å². The summed E-state index contributed by atoms with van der Waals surface area (Å²) >= 11 is 0. The Morgan fingerprint density at radius 2 is 2.27 bits per heavy atom. The molecule has 6 heteroatoms. The summed E-state index contributed by atoms with van der Waals surface area (Å²) in [6.07, 6.45) is 0.516. The van der Waals surface area contributed by atoms with Crippen molar-refractivity contribution in [3.63, 3.8) is 0 Å². The summed E-state index contributed by atoms with van der Waals surface area (Å²) in [5, 5.41) is 2.79. The molecule has 0 radical (unpaired) electrons. The first-order chi connectivity index (χ1) is 10.5. The summed E-state index contributed by atoms with van der Waals surface area (Å²) < 4.78 is 16.2. The number of piperidine rings is 1. The summed E-state index contributed by atoms with van der Waals surface area (Å²) in [5.74, 6) is -0.666. The number of carbonyl (C=O) groups is 2. The number of amides is 1. The van der Waals surface area contributed by atoms with Gasteiger partial charge < -0.3 is 19.5 Å². The first kappa shape index (κ1) is 14.7. The Hall–Kier alpha value is -2.24. The van der Waals surface area contributed by atoms with Crippen LogP contribution in [-0.4, -0.2) is 31.3 Å². The second-order valence-electron chi connectivity index (χ2n) is 5.77. The van der Waals surface area contributed by atoms with Crippen molar-refractivity contribution >= 4 is 11.9 Å². The molecular weight excluding hydrogens is 286 g/mol. The number of carbonyl (C=O) groups excluding carboxylic acids is 2. The van der Waals surface area contributed by atoms with Gasteiger partial charge in [0.1, 0.15) is 17.4 Å². The summed E-state index contributed by atoms with van der Waals surface area (Å²) in [7, 11) is 1.58. The van der Waals surface area contributed by atoms with E-state index in [1.54, 1.807) is 26.2 Å². The van der Waals surface area contributed by atoms with Gasteiger partial charge in [-0.3, -0.25) is 9.59 Å². The summed E-state index contributed by atoms with van der Waals surface area (Å²) in [4.78, 5) is 24.6. The molecule has 2 bridgehead atoms. The van der Waals surface area contributed by atoms with E-state index in [0.717, 1.165) is 5.56 Å². The van der Waals surface area contributed by atoms with Crippen molar-refractivity contribution < 1.29 is 23.8 Å². The second-order valence-corrected chi connectivity index (χ2v) is 5.77. The van der Waals surface area contributed by atoms with Crippen LogP contribution in [0.2, 0.25) is 0 Å². The van der Waals surface area contributed by atoms with Gasteiger partial charge in [0, 0.05) is 17.9 Å². The van der Waals surface area contributed by atoms with Crippen LogP contribution >= 0.6 is 0 Å². The Bertz CT molecular complexity index is 629. The molecular formula is C16H19NO5. The number of methoxy groups -OCH3 is 1. The quantitative estimate of drug-likeness (QED) is 0.678. The number of fused-ring (bicyclic) bond motifs is 4. The Balaban J connectivity index is 2.06. The van der Waals surface area contributed by atoms with Gasteiger partial charge in [0.2, 0.25) is 5.91 Å². The van der Waals surface area contributed by atoms with E-state index in [2.05, 4.69) is 5.32 Å². The number of esters is 1. The molecule has 0 aliphatic carbocycles. The minimum Gasteiger partial charge on any atom is -0.497 e. The molecule has 2 aliphatic rings. The number of hydrogen-bond acceptors (Lipinski definition) is 5. The van der Waals surface area contributed by atoms with E-state index in [4.69, 9.17) is 14.2 Å². The maximum atomic E-state index is 12.4. The summed E-state index contributed by atoms with van der Waals surface area (Å²) in [6, 6.07) is 5.42. The Morgan fingerprint density at radius 3 is 2.95 bits per heavy atom. The van der Waals surface area contributed by atoms with Gasteiger partial charge in [-0.05, 0) is 32.0 Å². The highest BCUT2D eigenvalue weighted by molar-refractivity contribution is 6.00. The molecule has 0 saturated carbocycles. The van der Waals surface area contributed by atoms with Gasteiger partial charge in [0.25, 0.3) is 0 Å². The smallest absolute Gasteiger partial charge is 0.319 e. The molecule has 6 nitrogen and oxygen atoms in total.